The van der Waals surface area contributed by atoms with E-state index < -0.39 is 45.2 Å². The predicted octanol–water partition coefficient (Wildman–Crippen LogP) is 0.429. The Morgan fingerprint density at radius 2 is 2.23 bits per heavy atom. The van der Waals surface area contributed by atoms with Gasteiger partial charge in [0.1, 0.15) is 18.6 Å². The van der Waals surface area contributed by atoms with Crippen molar-refractivity contribution in [3.63, 3.8) is 0 Å². The molecule has 2 saturated heterocycles. The highest BCUT2D eigenvalue weighted by atomic mass is 35.5. The Morgan fingerprint density at radius 3 is 2.93 bits per heavy atom. The summed E-state index contributed by atoms with van der Waals surface area (Å²) in [6.45, 7) is 0.724. The number of imidazole rings is 1. The summed E-state index contributed by atoms with van der Waals surface area (Å²) < 4.78 is 42.7. The zero-order chi connectivity index (χ0) is 21.5. The number of nitrogens with one attached hydrogen (secondary N) is 1. The second-order valence-electron chi connectivity index (χ2n) is 7.03. The van der Waals surface area contributed by atoms with Gasteiger partial charge in [-0.25, -0.2) is 9.37 Å². The fourth-order valence-corrected chi connectivity index (χ4v) is 3.88. The van der Waals surface area contributed by atoms with E-state index in [2.05, 4.69) is 20.3 Å². The zero-order valence-electron chi connectivity index (χ0n) is 15.5. The number of halogens is 2. The summed E-state index contributed by atoms with van der Waals surface area (Å²) in [5.74, 6) is 0.370. The van der Waals surface area contributed by atoms with Gasteiger partial charge < -0.3 is 34.4 Å². The van der Waals surface area contributed by atoms with Crippen LogP contribution in [-0.4, -0.2) is 85.0 Å². The van der Waals surface area contributed by atoms with Crippen LogP contribution in [0.15, 0.2) is 6.33 Å². The van der Waals surface area contributed by atoms with Crippen molar-refractivity contribution in [1.29, 1.82) is 0 Å². The summed E-state index contributed by atoms with van der Waals surface area (Å²) in [6, 6.07) is 0.0262. The van der Waals surface area contributed by atoms with Gasteiger partial charge in [0.05, 0.1) is 25.6 Å². The Morgan fingerprint density at radius 1 is 1.43 bits per heavy atom. The minimum Gasteiger partial charge on any atom is -0.387 e. The van der Waals surface area contributed by atoms with Gasteiger partial charge in [-0.3, -0.25) is 9.13 Å². The van der Waals surface area contributed by atoms with Crippen LogP contribution in [0.3, 0.4) is 0 Å². The fraction of sp³-hybridized carbons (Fsp3) is 0.667. The van der Waals surface area contributed by atoms with Gasteiger partial charge >= 0.3 is 7.60 Å². The number of alkyl halides is 1. The van der Waals surface area contributed by atoms with E-state index >= 15 is 0 Å². The Labute approximate surface area is 174 Å². The van der Waals surface area contributed by atoms with Crippen LogP contribution in [0.1, 0.15) is 12.6 Å². The van der Waals surface area contributed by atoms with Crippen LogP contribution in [0.25, 0.3) is 11.2 Å². The predicted molar refractivity (Wildman–Crippen MR) is 101 cm³/mol. The number of hydrogen-bond acceptors (Lipinski definition) is 9. The zero-order valence-corrected chi connectivity index (χ0v) is 17.1. The third-order valence-corrected chi connectivity index (χ3v) is 5.46. The Hall–Kier alpha value is -1.44. The number of aliphatic hydroxyl groups excluding tert-OH is 1. The molecule has 166 valence electrons. The van der Waals surface area contributed by atoms with Crippen molar-refractivity contribution >= 4 is 36.2 Å². The summed E-state index contributed by atoms with van der Waals surface area (Å²) in [6.07, 6.45) is -4.65. The first-order valence-corrected chi connectivity index (χ1v) is 11.2. The van der Waals surface area contributed by atoms with Gasteiger partial charge in [-0.1, -0.05) is 0 Å². The fourth-order valence-electron chi connectivity index (χ4n) is 3.37. The van der Waals surface area contributed by atoms with E-state index in [4.69, 9.17) is 35.6 Å². The van der Waals surface area contributed by atoms with Crippen LogP contribution in [0.5, 0.6) is 0 Å². The number of aliphatic hydroxyl groups is 1. The van der Waals surface area contributed by atoms with Crippen molar-refractivity contribution in [2.45, 2.75) is 37.1 Å². The Kier molecular flexibility index (Phi) is 6.24. The second-order valence-corrected chi connectivity index (χ2v) is 8.96. The van der Waals surface area contributed by atoms with Crippen molar-refractivity contribution in [3.8, 4) is 0 Å². The summed E-state index contributed by atoms with van der Waals surface area (Å²) in [5, 5.41) is 13.2. The smallest absolute Gasteiger partial charge is 0.350 e. The van der Waals surface area contributed by atoms with E-state index in [9.17, 15) is 14.1 Å². The lowest BCUT2D eigenvalue weighted by Gasteiger charge is -2.16. The second kappa shape index (κ2) is 8.60. The molecule has 4 heterocycles. The molecule has 2 aliphatic heterocycles. The van der Waals surface area contributed by atoms with Gasteiger partial charge in [0, 0.05) is 6.61 Å². The molecule has 2 fully saturated rings. The average Bonchev–Trinajstić information content (AvgIpc) is 3.37. The number of ether oxygens (including phenoxy) is 3. The van der Waals surface area contributed by atoms with E-state index in [1.165, 1.54) is 10.9 Å². The molecule has 0 radical (unpaired) electrons. The maximum Gasteiger partial charge on any atom is 0.350 e. The van der Waals surface area contributed by atoms with Crippen LogP contribution < -0.4 is 5.32 Å². The number of fused-ring (bicyclic) bond motifs is 1. The molecule has 4 N–H and O–H groups in total. The maximum absolute atomic E-state index is 14.8. The first-order valence-electron chi connectivity index (χ1n) is 9.07. The first-order chi connectivity index (χ1) is 14.2. The minimum absolute atomic E-state index is 0.0262. The molecule has 0 saturated carbocycles. The van der Waals surface area contributed by atoms with Crippen LogP contribution in [0.4, 0.5) is 10.2 Å². The molecule has 2 aromatic rings. The highest BCUT2D eigenvalue weighted by Crippen LogP contribution is 2.37. The molecule has 5 atom stereocenters. The number of aromatic nitrogens is 4. The minimum atomic E-state index is -4.39. The molecule has 12 nitrogen and oxygen atoms in total. The molecule has 0 aromatic carbocycles. The molecule has 0 aliphatic carbocycles. The van der Waals surface area contributed by atoms with Gasteiger partial charge in [-0.2, -0.15) is 9.97 Å². The standard InChI is InChI=1S/C15H20ClFN5O7P/c16-15-20-12(19-7-1-2-27-3-7)10-13(21-15)22(5-18-10)14-9(17)11(23)8(29-14)4-28-6-30(24,25)26/h5,7-9,11,14,23H,1-4,6H2,(H,19,20,21)(H2,24,25,26)/t7-,8-,9+,11-,14-/m1/s1. The summed E-state index contributed by atoms with van der Waals surface area (Å²) in [7, 11) is -4.39. The van der Waals surface area contributed by atoms with Crippen molar-refractivity contribution in [1.82, 2.24) is 19.5 Å². The van der Waals surface area contributed by atoms with Gasteiger partial charge in [-0.05, 0) is 18.0 Å². The first kappa shape index (κ1) is 21.8. The molecule has 4 rings (SSSR count). The molecule has 30 heavy (non-hydrogen) atoms. The SMILES string of the molecule is O=P(O)(O)COC[C@H]1O[C@@H](n2cnc3c(N[C@@H]4CCOC4)nc(Cl)nc32)[C@@H](F)[C@@H]1O. The van der Waals surface area contributed by atoms with Crippen LogP contribution in [-0.2, 0) is 18.8 Å². The molecule has 2 aromatic heterocycles. The Bertz CT molecular complexity index is 955. The van der Waals surface area contributed by atoms with E-state index in [0.717, 1.165) is 6.42 Å². The molecule has 0 unspecified atom stereocenters. The van der Waals surface area contributed by atoms with E-state index in [0.29, 0.717) is 24.5 Å². The summed E-state index contributed by atoms with van der Waals surface area (Å²) in [5.41, 5.74) is 0.547. The third kappa shape index (κ3) is 4.58. The number of anilines is 1. The lowest BCUT2D eigenvalue weighted by molar-refractivity contribution is -0.0581. The monoisotopic (exact) mass is 467 g/mol. The van der Waals surface area contributed by atoms with Crippen molar-refractivity contribution in [2.75, 3.05) is 31.5 Å². The topological polar surface area (TPSA) is 161 Å². The lowest BCUT2D eigenvalue weighted by atomic mass is 10.1. The van der Waals surface area contributed by atoms with Gasteiger partial charge in [0.15, 0.2) is 29.4 Å². The van der Waals surface area contributed by atoms with Gasteiger partial charge in [-0.15, -0.1) is 0 Å². The average molecular weight is 468 g/mol. The molecule has 0 spiro atoms. The third-order valence-electron chi connectivity index (χ3n) is 4.77. The molecule has 15 heteroatoms. The van der Waals surface area contributed by atoms with E-state index in [-0.39, 0.29) is 17.0 Å². The quantitative estimate of drug-likeness (QED) is 0.330. The highest BCUT2D eigenvalue weighted by molar-refractivity contribution is 7.51. The van der Waals surface area contributed by atoms with Crippen molar-refractivity contribution < 1.29 is 38.1 Å². The van der Waals surface area contributed by atoms with Crippen molar-refractivity contribution in [3.05, 3.63) is 11.6 Å². The van der Waals surface area contributed by atoms with Crippen LogP contribution in [0, 0.1) is 0 Å². The maximum atomic E-state index is 14.8. The summed E-state index contributed by atoms with van der Waals surface area (Å²) >= 11 is 6.04. The van der Waals surface area contributed by atoms with Crippen molar-refractivity contribution in [2.24, 2.45) is 0 Å². The molecular weight excluding hydrogens is 448 g/mol. The van der Waals surface area contributed by atoms with Gasteiger partial charge in [0.25, 0.3) is 0 Å². The molecule has 0 amide bonds. The van der Waals surface area contributed by atoms with E-state index in [1.54, 1.807) is 0 Å². The lowest BCUT2D eigenvalue weighted by Crippen LogP contribution is -2.31. The number of hydrogen-bond donors (Lipinski definition) is 4. The molecule has 0 bridgehead atoms. The van der Waals surface area contributed by atoms with Crippen LogP contribution >= 0.6 is 19.2 Å². The highest BCUT2D eigenvalue weighted by Gasteiger charge is 2.46. The Balaban J connectivity index is 1.55. The van der Waals surface area contributed by atoms with Gasteiger partial charge in [0.2, 0.25) is 5.28 Å². The normalized spacial score (nSPS) is 29.7. The molecule has 2 aliphatic rings. The number of nitrogens with zero attached hydrogens (tertiary/aromatic N) is 4. The largest absolute Gasteiger partial charge is 0.387 e. The number of rotatable bonds is 7. The van der Waals surface area contributed by atoms with E-state index in [1.807, 2.05) is 0 Å². The summed E-state index contributed by atoms with van der Waals surface area (Å²) in [4.78, 5) is 30.2. The molecular formula is C15H20ClFN5O7P. The van der Waals surface area contributed by atoms with Crippen LogP contribution in [0.2, 0.25) is 5.28 Å².